The topological polar surface area (TPSA) is 108 Å². The van der Waals surface area contributed by atoms with Crippen LogP contribution in [0.1, 0.15) is 39.5 Å². The molecule has 2 saturated heterocycles. The second-order valence-corrected chi connectivity index (χ2v) is 10.4. The number of allylic oxidation sites excluding steroid dienone is 1. The summed E-state index contributed by atoms with van der Waals surface area (Å²) in [5.74, 6) is -2.73. The molecule has 1 N–H and O–H groups in total. The fraction of sp³-hybridized carbons (Fsp3) is 0.783. The second kappa shape index (κ2) is 6.62. The average Bonchev–Trinajstić information content (AvgIpc) is 3.16. The fourth-order valence-electron chi connectivity index (χ4n) is 7.85. The van der Waals surface area contributed by atoms with Crippen LogP contribution in [0.3, 0.4) is 0 Å². The highest BCUT2D eigenvalue weighted by Gasteiger charge is 2.78. The highest BCUT2D eigenvalue weighted by Crippen LogP contribution is 2.70. The number of esters is 2. The molecule has 2 bridgehead atoms. The van der Waals surface area contributed by atoms with Crippen LogP contribution in [0.4, 0.5) is 0 Å². The van der Waals surface area contributed by atoms with E-state index in [-0.39, 0.29) is 36.1 Å². The summed E-state index contributed by atoms with van der Waals surface area (Å²) in [6.45, 7) is 7.77. The number of cyclic esters (lactones) is 1. The molecule has 5 fully saturated rings. The van der Waals surface area contributed by atoms with Crippen molar-refractivity contribution < 1.29 is 38.4 Å². The molecule has 0 radical (unpaired) electrons. The Bertz CT molecular complexity index is 868. The molecule has 3 aliphatic carbocycles. The highest BCUT2D eigenvalue weighted by molar-refractivity contribution is 6.15. The standard InChI is InChI=1S/C23H30O8/c1-11-13-7-14(25)16-22(8-13,18(11)26)20(27)30-10-23(16)15(31-12(2)24)5-6-21(3)9-29-19(28-4)17(21)23/h13-17,19,25H,1,5-10H2,2-4H3/t13-,14-,15+,16-,17-,19+,21+,22+,23+/m1/s1. The number of aliphatic hydroxyl groups excluding tert-OH is 1. The average molecular weight is 434 g/mol. The van der Waals surface area contributed by atoms with E-state index in [4.69, 9.17) is 18.9 Å². The molecule has 0 unspecified atom stereocenters. The van der Waals surface area contributed by atoms with Crippen molar-refractivity contribution in [2.24, 2.45) is 34.0 Å². The number of Topliss-reactive ketones (excluding diaryl/α,β-unsaturated/α-hetero) is 1. The number of rotatable bonds is 2. The monoisotopic (exact) mass is 434 g/mol. The SMILES string of the molecule is C=C1C(=O)[C@]23C[C@H]1C[C@@H](O)[C@H]2[C@]1(COC3=O)[C@@H](OC(C)=O)CC[C@@]2(C)CO[C@H](OC)[C@H]21. The van der Waals surface area contributed by atoms with E-state index in [9.17, 15) is 19.5 Å². The van der Waals surface area contributed by atoms with Gasteiger partial charge >= 0.3 is 11.9 Å². The van der Waals surface area contributed by atoms with Gasteiger partial charge in [-0.3, -0.25) is 14.4 Å². The first-order chi connectivity index (χ1) is 14.6. The van der Waals surface area contributed by atoms with E-state index in [2.05, 4.69) is 13.5 Å². The number of methoxy groups -OCH3 is 1. The van der Waals surface area contributed by atoms with Crippen molar-refractivity contribution in [2.75, 3.05) is 20.3 Å². The Labute approximate surface area is 181 Å². The summed E-state index contributed by atoms with van der Waals surface area (Å²) in [5, 5.41) is 11.4. The van der Waals surface area contributed by atoms with E-state index >= 15 is 0 Å². The fourth-order valence-corrected chi connectivity index (χ4v) is 7.85. The zero-order valence-electron chi connectivity index (χ0n) is 18.2. The molecular formula is C23H30O8. The largest absolute Gasteiger partial charge is 0.464 e. The van der Waals surface area contributed by atoms with E-state index in [0.717, 1.165) is 6.42 Å². The first-order valence-corrected chi connectivity index (χ1v) is 11.0. The Morgan fingerprint density at radius 3 is 2.68 bits per heavy atom. The molecule has 8 nitrogen and oxygen atoms in total. The number of hydrogen-bond donors (Lipinski definition) is 1. The van der Waals surface area contributed by atoms with Crippen molar-refractivity contribution in [3.05, 3.63) is 12.2 Å². The Kier molecular flexibility index (Phi) is 4.51. The van der Waals surface area contributed by atoms with Gasteiger partial charge in [-0.05, 0) is 42.6 Å². The molecule has 170 valence electrons. The van der Waals surface area contributed by atoms with Crippen LogP contribution < -0.4 is 0 Å². The van der Waals surface area contributed by atoms with Crippen molar-refractivity contribution >= 4 is 17.7 Å². The van der Waals surface area contributed by atoms with Gasteiger partial charge in [0.2, 0.25) is 0 Å². The van der Waals surface area contributed by atoms with Gasteiger partial charge in [0.25, 0.3) is 0 Å². The summed E-state index contributed by atoms with van der Waals surface area (Å²) < 4.78 is 23.3. The van der Waals surface area contributed by atoms with Gasteiger partial charge in [-0.2, -0.15) is 0 Å². The molecule has 5 aliphatic rings. The summed E-state index contributed by atoms with van der Waals surface area (Å²) in [6.07, 6.45) is -0.311. The van der Waals surface area contributed by atoms with Crippen LogP contribution in [0.15, 0.2) is 12.2 Å². The predicted molar refractivity (Wildman–Crippen MR) is 105 cm³/mol. The highest BCUT2D eigenvalue weighted by atomic mass is 16.7. The third-order valence-corrected chi connectivity index (χ3v) is 8.89. The minimum Gasteiger partial charge on any atom is -0.464 e. The predicted octanol–water partition coefficient (Wildman–Crippen LogP) is 1.39. The first kappa shape index (κ1) is 21.1. The van der Waals surface area contributed by atoms with Crippen LogP contribution in [0, 0.1) is 34.0 Å². The molecule has 2 aliphatic heterocycles. The third-order valence-electron chi connectivity index (χ3n) is 8.89. The summed E-state index contributed by atoms with van der Waals surface area (Å²) in [6, 6.07) is 0. The second-order valence-electron chi connectivity index (χ2n) is 10.4. The Balaban J connectivity index is 1.75. The van der Waals surface area contributed by atoms with E-state index < -0.39 is 47.2 Å². The van der Waals surface area contributed by atoms with Crippen molar-refractivity contribution in [1.82, 2.24) is 0 Å². The molecular weight excluding hydrogens is 404 g/mol. The molecule has 8 heteroatoms. The van der Waals surface area contributed by atoms with E-state index in [1.54, 1.807) is 7.11 Å². The summed E-state index contributed by atoms with van der Waals surface area (Å²) in [7, 11) is 1.56. The maximum absolute atomic E-state index is 13.5. The summed E-state index contributed by atoms with van der Waals surface area (Å²) in [5.41, 5.74) is -2.47. The lowest BCUT2D eigenvalue weighted by molar-refractivity contribution is -0.273. The van der Waals surface area contributed by atoms with Crippen molar-refractivity contribution in [2.45, 2.75) is 58.0 Å². The Morgan fingerprint density at radius 1 is 1.26 bits per heavy atom. The van der Waals surface area contributed by atoms with E-state index in [1.165, 1.54) is 6.92 Å². The van der Waals surface area contributed by atoms with Crippen LogP contribution in [0.2, 0.25) is 0 Å². The lowest BCUT2D eigenvalue weighted by Crippen LogP contribution is -2.71. The zero-order chi connectivity index (χ0) is 22.3. The van der Waals surface area contributed by atoms with Crippen LogP contribution in [0.25, 0.3) is 0 Å². The van der Waals surface area contributed by atoms with Crippen molar-refractivity contribution in [3.8, 4) is 0 Å². The number of fused-ring (bicyclic) bond motifs is 4. The van der Waals surface area contributed by atoms with Gasteiger partial charge in [0.15, 0.2) is 12.1 Å². The molecule has 0 amide bonds. The molecule has 3 saturated carbocycles. The minimum absolute atomic E-state index is 0.0544. The smallest absolute Gasteiger partial charge is 0.320 e. The molecule has 2 spiro atoms. The third kappa shape index (κ3) is 2.44. The summed E-state index contributed by atoms with van der Waals surface area (Å²) in [4.78, 5) is 38.8. The number of aliphatic hydroxyl groups is 1. The quantitative estimate of drug-likeness (QED) is 0.395. The summed E-state index contributed by atoms with van der Waals surface area (Å²) >= 11 is 0. The maximum atomic E-state index is 13.5. The minimum atomic E-state index is -1.50. The first-order valence-electron chi connectivity index (χ1n) is 11.0. The van der Waals surface area contributed by atoms with Gasteiger partial charge in [-0.15, -0.1) is 0 Å². The van der Waals surface area contributed by atoms with E-state index in [0.29, 0.717) is 25.0 Å². The van der Waals surface area contributed by atoms with Crippen molar-refractivity contribution in [3.63, 3.8) is 0 Å². The molecule has 2 heterocycles. The number of carbonyl (C=O) groups excluding carboxylic acids is 3. The molecule has 9 atom stereocenters. The maximum Gasteiger partial charge on any atom is 0.320 e. The van der Waals surface area contributed by atoms with Crippen LogP contribution in [-0.2, 0) is 33.3 Å². The molecule has 0 aromatic rings. The van der Waals surface area contributed by atoms with Crippen LogP contribution >= 0.6 is 0 Å². The number of ketones is 1. The Hall–Kier alpha value is -1.77. The molecule has 0 aromatic heterocycles. The zero-order valence-corrected chi connectivity index (χ0v) is 18.2. The van der Waals surface area contributed by atoms with Crippen LogP contribution in [-0.4, -0.2) is 61.6 Å². The lowest BCUT2D eigenvalue weighted by Gasteiger charge is -2.63. The van der Waals surface area contributed by atoms with Gasteiger partial charge < -0.3 is 24.1 Å². The molecule has 31 heavy (non-hydrogen) atoms. The van der Waals surface area contributed by atoms with Gasteiger partial charge in [0.1, 0.15) is 18.1 Å². The van der Waals surface area contributed by atoms with Crippen LogP contribution in [0.5, 0.6) is 0 Å². The normalized spacial score (nSPS) is 50.8. The molecule has 5 rings (SSSR count). The van der Waals surface area contributed by atoms with Gasteiger partial charge in [-0.25, -0.2) is 0 Å². The van der Waals surface area contributed by atoms with Gasteiger partial charge in [0, 0.05) is 25.9 Å². The lowest BCUT2D eigenvalue weighted by atomic mass is 9.43. The van der Waals surface area contributed by atoms with Gasteiger partial charge in [0.05, 0.1) is 18.1 Å². The van der Waals surface area contributed by atoms with Gasteiger partial charge in [-0.1, -0.05) is 13.5 Å². The number of hydrogen-bond acceptors (Lipinski definition) is 8. The Morgan fingerprint density at radius 2 is 2.00 bits per heavy atom. The van der Waals surface area contributed by atoms with Crippen molar-refractivity contribution in [1.29, 1.82) is 0 Å². The molecule has 0 aromatic carbocycles. The number of carbonyl (C=O) groups is 3. The number of ether oxygens (including phenoxy) is 4. The van der Waals surface area contributed by atoms with E-state index in [1.807, 2.05) is 0 Å².